The molecule has 19 heavy (non-hydrogen) atoms. The number of aromatic nitrogens is 5. The van der Waals surface area contributed by atoms with Gasteiger partial charge < -0.3 is 15.7 Å². The molecule has 2 aromatic heterocycles. The number of hydrogen-bond acceptors (Lipinski definition) is 7. The van der Waals surface area contributed by atoms with Crippen LogP contribution in [0, 0.1) is 0 Å². The van der Waals surface area contributed by atoms with Crippen molar-refractivity contribution in [2.75, 3.05) is 23.7 Å². The molecule has 3 heterocycles. The van der Waals surface area contributed by atoms with E-state index in [1.165, 1.54) is 0 Å². The summed E-state index contributed by atoms with van der Waals surface area (Å²) < 4.78 is 1.67. The molecule has 1 aliphatic rings. The molecule has 1 fully saturated rings. The van der Waals surface area contributed by atoms with E-state index in [-0.39, 0.29) is 12.1 Å². The molecule has 100 valence electrons. The monoisotopic (exact) mass is 261 g/mol. The molecule has 0 aliphatic carbocycles. The van der Waals surface area contributed by atoms with E-state index in [1.54, 1.807) is 23.3 Å². The second kappa shape index (κ2) is 4.81. The lowest BCUT2D eigenvalue weighted by Crippen LogP contribution is -2.39. The van der Waals surface area contributed by atoms with E-state index < -0.39 is 0 Å². The summed E-state index contributed by atoms with van der Waals surface area (Å²) in [6.45, 7) is 1.33. The highest BCUT2D eigenvalue weighted by molar-refractivity contribution is 5.38. The van der Waals surface area contributed by atoms with E-state index in [4.69, 9.17) is 5.73 Å². The Bertz CT molecular complexity index is 556. The minimum absolute atomic E-state index is 0.161. The molecule has 8 nitrogen and oxygen atoms in total. The summed E-state index contributed by atoms with van der Waals surface area (Å²) in [6.07, 6.45) is 6.36. The molecule has 2 aromatic rings. The smallest absolute Gasteiger partial charge is 0.241 e. The lowest BCUT2D eigenvalue weighted by atomic mass is 10.1. The number of β-amino-alcohol motifs (C(OH)–C–C–N with tert-alkyl or cyclic N) is 1. The van der Waals surface area contributed by atoms with Crippen LogP contribution in [0.5, 0.6) is 0 Å². The van der Waals surface area contributed by atoms with Crippen LogP contribution in [-0.4, -0.2) is 48.8 Å². The van der Waals surface area contributed by atoms with Crippen LogP contribution < -0.4 is 10.6 Å². The molecular formula is C11H15N7O. The number of nitrogens with two attached hydrogens (primary N) is 1. The third kappa shape index (κ3) is 2.48. The van der Waals surface area contributed by atoms with Crippen LogP contribution in [0.15, 0.2) is 18.7 Å². The van der Waals surface area contributed by atoms with Gasteiger partial charge in [-0.3, -0.25) is 4.57 Å². The Morgan fingerprint density at radius 2 is 2.11 bits per heavy atom. The minimum atomic E-state index is -0.344. The SMILES string of the molecule is Nc1nc(N2CCCC(O)C2)nc(-n2ccnc2)n1. The number of anilines is 2. The van der Waals surface area contributed by atoms with Crippen molar-refractivity contribution in [1.29, 1.82) is 0 Å². The molecule has 0 aromatic carbocycles. The van der Waals surface area contributed by atoms with Crippen molar-refractivity contribution in [3.8, 4) is 5.95 Å². The molecular weight excluding hydrogens is 246 g/mol. The summed E-state index contributed by atoms with van der Waals surface area (Å²) in [5, 5.41) is 9.70. The molecule has 1 unspecified atom stereocenters. The van der Waals surface area contributed by atoms with Gasteiger partial charge in [-0.1, -0.05) is 0 Å². The van der Waals surface area contributed by atoms with Crippen LogP contribution >= 0.6 is 0 Å². The standard InChI is InChI=1S/C11H15N7O/c12-9-14-10(17-4-1-2-8(19)6-17)16-11(15-9)18-5-3-13-7-18/h3,5,7-8,19H,1-2,4,6H2,(H2,12,14,15,16). The van der Waals surface area contributed by atoms with E-state index in [1.807, 2.05) is 4.90 Å². The van der Waals surface area contributed by atoms with Crippen molar-refractivity contribution in [2.45, 2.75) is 18.9 Å². The van der Waals surface area contributed by atoms with Gasteiger partial charge >= 0.3 is 0 Å². The van der Waals surface area contributed by atoms with E-state index in [9.17, 15) is 5.11 Å². The zero-order valence-corrected chi connectivity index (χ0v) is 10.3. The third-order valence-electron chi connectivity index (χ3n) is 3.04. The van der Waals surface area contributed by atoms with Crippen molar-refractivity contribution in [3.63, 3.8) is 0 Å². The number of nitrogens with zero attached hydrogens (tertiary/aromatic N) is 6. The molecule has 0 spiro atoms. The Morgan fingerprint density at radius 1 is 1.26 bits per heavy atom. The van der Waals surface area contributed by atoms with Gasteiger partial charge in [-0.2, -0.15) is 15.0 Å². The maximum absolute atomic E-state index is 9.70. The molecule has 3 rings (SSSR count). The van der Waals surface area contributed by atoms with Gasteiger partial charge in [0.1, 0.15) is 6.33 Å². The Labute approximate surface area is 109 Å². The van der Waals surface area contributed by atoms with Crippen LogP contribution in [0.1, 0.15) is 12.8 Å². The molecule has 0 amide bonds. The Hall–Kier alpha value is -2.22. The molecule has 0 saturated carbocycles. The average Bonchev–Trinajstić information content (AvgIpc) is 2.92. The summed E-state index contributed by atoms with van der Waals surface area (Å²) in [5.74, 6) is 1.09. The fourth-order valence-electron chi connectivity index (χ4n) is 2.14. The normalized spacial score (nSPS) is 19.6. The molecule has 0 bridgehead atoms. The van der Waals surface area contributed by atoms with Gasteiger partial charge in [-0.05, 0) is 12.8 Å². The van der Waals surface area contributed by atoms with Gasteiger partial charge in [0.05, 0.1) is 6.10 Å². The fourth-order valence-corrected chi connectivity index (χ4v) is 2.14. The summed E-state index contributed by atoms with van der Waals surface area (Å²) in [6, 6.07) is 0. The lowest BCUT2D eigenvalue weighted by molar-refractivity contribution is 0.153. The maximum atomic E-state index is 9.70. The number of imidazole rings is 1. The second-order valence-electron chi connectivity index (χ2n) is 4.51. The first-order valence-corrected chi connectivity index (χ1v) is 6.15. The van der Waals surface area contributed by atoms with Crippen LogP contribution in [0.4, 0.5) is 11.9 Å². The van der Waals surface area contributed by atoms with Crippen molar-refractivity contribution >= 4 is 11.9 Å². The number of aliphatic hydroxyl groups is 1. The van der Waals surface area contributed by atoms with E-state index in [0.717, 1.165) is 19.4 Å². The lowest BCUT2D eigenvalue weighted by Gasteiger charge is -2.30. The second-order valence-corrected chi connectivity index (χ2v) is 4.51. The van der Waals surface area contributed by atoms with Crippen LogP contribution in [0.3, 0.4) is 0 Å². The largest absolute Gasteiger partial charge is 0.391 e. The maximum Gasteiger partial charge on any atom is 0.241 e. The first-order valence-electron chi connectivity index (χ1n) is 6.15. The number of hydrogen-bond donors (Lipinski definition) is 2. The quantitative estimate of drug-likeness (QED) is 0.757. The number of piperidine rings is 1. The fraction of sp³-hybridized carbons (Fsp3) is 0.455. The molecule has 1 atom stereocenters. The third-order valence-corrected chi connectivity index (χ3v) is 3.04. The summed E-state index contributed by atoms with van der Waals surface area (Å²) >= 11 is 0. The number of nitrogen functional groups attached to an aromatic ring is 1. The van der Waals surface area contributed by atoms with Crippen LogP contribution in [0.25, 0.3) is 5.95 Å². The zero-order valence-electron chi connectivity index (χ0n) is 10.3. The van der Waals surface area contributed by atoms with Crippen molar-refractivity contribution < 1.29 is 5.11 Å². The average molecular weight is 261 g/mol. The zero-order chi connectivity index (χ0) is 13.2. The van der Waals surface area contributed by atoms with Gasteiger partial charge in [-0.25, -0.2) is 4.98 Å². The van der Waals surface area contributed by atoms with Gasteiger partial charge in [-0.15, -0.1) is 0 Å². The molecule has 3 N–H and O–H groups in total. The van der Waals surface area contributed by atoms with Crippen LogP contribution in [-0.2, 0) is 0 Å². The Balaban J connectivity index is 1.93. The van der Waals surface area contributed by atoms with Gasteiger partial charge in [0.2, 0.25) is 17.8 Å². The van der Waals surface area contributed by atoms with Crippen molar-refractivity contribution in [3.05, 3.63) is 18.7 Å². The first kappa shape index (κ1) is 11.8. The Morgan fingerprint density at radius 3 is 2.84 bits per heavy atom. The minimum Gasteiger partial charge on any atom is -0.391 e. The molecule has 0 radical (unpaired) electrons. The highest BCUT2D eigenvalue weighted by Crippen LogP contribution is 2.17. The van der Waals surface area contributed by atoms with E-state index in [2.05, 4.69) is 19.9 Å². The van der Waals surface area contributed by atoms with Gasteiger partial charge in [0.25, 0.3) is 0 Å². The number of rotatable bonds is 2. The van der Waals surface area contributed by atoms with Gasteiger partial charge in [0.15, 0.2) is 0 Å². The highest BCUT2D eigenvalue weighted by Gasteiger charge is 2.21. The molecule has 8 heteroatoms. The van der Waals surface area contributed by atoms with Gasteiger partial charge in [0, 0.05) is 25.5 Å². The van der Waals surface area contributed by atoms with Crippen LogP contribution in [0.2, 0.25) is 0 Å². The van der Waals surface area contributed by atoms with E-state index in [0.29, 0.717) is 18.4 Å². The molecule has 1 aliphatic heterocycles. The highest BCUT2D eigenvalue weighted by atomic mass is 16.3. The topological polar surface area (TPSA) is 106 Å². The first-order chi connectivity index (χ1) is 9.22. The molecule has 1 saturated heterocycles. The predicted octanol–water partition coefficient (Wildman–Crippen LogP) is -0.399. The summed E-state index contributed by atoms with van der Waals surface area (Å²) in [5.41, 5.74) is 5.72. The summed E-state index contributed by atoms with van der Waals surface area (Å²) in [4.78, 5) is 18.5. The Kier molecular flexibility index (Phi) is 3.00. The van der Waals surface area contributed by atoms with Crippen molar-refractivity contribution in [2.24, 2.45) is 0 Å². The van der Waals surface area contributed by atoms with Crippen molar-refractivity contribution in [1.82, 2.24) is 24.5 Å². The predicted molar refractivity (Wildman–Crippen MR) is 68.8 cm³/mol. The van der Waals surface area contributed by atoms with E-state index >= 15 is 0 Å². The summed E-state index contributed by atoms with van der Waals surface area (Å²) in [7, 11) is 0. The number of aliphatic hydroxyl groups excluding tert-OH is 1.